The zero-order chi connectivity index (χ0) is 18.1. The third-order valence-electron chi connectivity index (χ3n) is 3.80. The van der Waals surface area contributed by atoms with E-state index >= 15 is 0 Å². The maximum atomic E-state index is 12.5. The van der Waals surface area contributed by atoms with Crippen molar-refractivity contribution in [2.75, 3.05) is 11.9 Å². The summed E-state index contributed by atoms with van der Waals surface area (Å²) in [5.41, 5.74) is 3.60. The van der Waals surface area contributed by atoms with E-state index in [0.717, 1.165) is 25.8 Å². The van der Waals surface area contributed by atoms with E-state index in [1.165, 1.54) is 0 Å². The summed E-state index contributed by atoms with van der Waals surface area (Å²) in [5, 5.41) is 11.7. The van der Waals surface area contributed by atoms with Crippen molar-refractivity contribution >= 4 is 61.1 Å². The van der Waals surface area contributed by atoms with Crippen LogP contribution in [0.3, 0.4) is 0 Å². The first kappa shape index (κ1) is 17.7. The first-order valence-corrected chi connectivity index (χ1v) is 8.92. The predicted molar refractivity (Wildman–Crippen MR) is 103 cm³/mol. The number of carbonyl (C=O) groups is 2. The summed E-state index contributed by atoms with van der Waals surface area (Å²) in [4.78, 5) is 23.2. The molecule has 0 radical (unpaired) electrons. The molecule has 1 aliphatic rings. The number of carboxylic acid groups (broad SMARTS) is 1. The number of ether oxygens (including phenoxy) is 1. The molecule has 0 aromatic heterocycles. The molecule has 3 rings (SSSR count). The van der Waals surface area contributed by atoms with Gasteiger partial charge in [0, 0.05) is 20.1 Å². The maximum absolute atomic E-state index is 12.5. The summed E-state index contributed by atoms with van der Waals surface area (Å²) >= 11 is 6.97. The highest BCUT2D eigenvalue weighted by Gasteiger charge is 2.29. The number of fused-ring (bicyclic) bond motifs is 1. The summed E-state index contributed by atoms with van der Waals surface area (Å²) in [6.45, 7) is 1.48. The van der Waals surface area contributed by atoms with Crippen LogP contribution in [0, 0.1) is 6.92 Å². The lowest BCUT2D eigenvalue weighted by Crippen LogP contribution is -2.10. The number of aliphatic carboxylic acids is 1. The lowest BCUT2D eigenvalue weighted by Gasteiger charge is -2.10. The standard InChI is InChI=1S/C18H13Br2NO4/c1-9-12(19)7-13(20)17-16(9)11(18(24)21-17)6-10-4-2-3-5-14(10)25-8-15(22)23/h2-7H,8H2,1H3,(H,21,24)(H,22,23). The molecule has 7 heteroatoms. The number of halogens is 2. The van der Waals surface area contributed by atoms with Crippen LogP contribution >= 0.6 is 31.9 Å². The number of rotatable bonds is 4. The third kappa shape index (κ3) is 3.48. The van der Waals surface area contributed by atoms with Crippen LogP contribution in [0.4, 0.5) is 5.69 Å². The van der Waals surface area contributed by atoms with Crippen molar-refractivity contribution in [1.29, 1.82) is 0 Å². The second kappa shape index (κ2) is 7.01. The summed E-state index contributed by atoms with van der Waals surface area (Å²) in [5.74, 6) is -0.870. The topological polar surface area (TPSA) is 75.6 Å². The Morgan fingerprint density at radius 3 is 2.72 bits per heavy atom. The quantitative estimate of drug-likeness (QED) is 0.651. The van der Waals surface area contributed by atoms with Crippen LogP contribution in [0.5, 0.6) is 5.75 Å². The number of amides is 1. The van der Waals surface area contributed by atoms with Crippen LogP contribution < -0.4 is 10.1 Å². The molecule has 0 unspecified atom stereocenters. The minimum atomic E-state index is -1.06. The second-order valence-corrected chi connectivity index (χ2v) is 7.16. The van der Waals surface area contributed by atoms with E-state index in [2.05, 4.69) is 37.2 Å². The van der Waals surface area contributed by atoms with E-state index in [9.17, 15) is 9.59 Å². The Kier molecular flexibility index (Phi) is 4.96. The first-order chi connectivity index (χ1) is 11.9. The average molecular weight is 467 g/mol. The van der Waals surface area contributed by atoms with Gasteiger partial charge in [0.15, 0.2) is 6.61 Å². The number of hydrogen-bond donors (Lipinski definition) is 2. The molecule has 1 aliphatic heterocycles. The van der Waals surface area contributed by atoms with Gasteiger partial charge < -0.3 is 15.2 Å². The van der Waals surface area contributed by atoms with Crippen molar-refractivity contribution in [3.63, 3.8) is 0 Å². The molecular formula is C18H13Br2NO4. The van der Waals surface area contributed by atoms with Gasteiger partial charge in [0.05, 0.1) is 11.3 Å². The van der Waals surface area contributed by atoms with Gasteiger partial charge in [0.1, 0.15) is 5.75 Å². The molecular weight excluding hydrogens is 454 g/mol. The number of carboxylic acids is 1. The average Bonchev–Trinajstić information content (AvgIpc) is 2.89. The molecule has 0 atom stereocenters. The van der Waals surface area contributed by atoms with E-state index in [-0.39, 0.29) is 5.91 Å². The number of para-hydroxylation sites is 1. The molecule has 25 heavy (non-hydrogen) atoms. The smallest absolute Gasteiger partial charge is 0.341 e. The zero-order valence-corrected chi connectivity index (χ0v) is 16.3. The Morgan fingerprint density at radius 1 is 1.28 bits per heavy atom. The van der Waals surface area contributed by atoms with Gasteiger partial charge in [-0.2, -0.15) is 0 Å². The molecule has 2 N–H and O–H groups in total. The Labute approximate surface area is 160 Å². The molecule has 0 fully saturated rings. The van der Waals surface area contributed by atoms with Crippen molar-refractivity contribution in [2.24, 2.45) is 0 Å². The molecule has 0 aliphatic carbocycles. The van der Waals surface area contributed by atoms with Gasteiger partial charge in [0.25, 0.3) is 5.91 Å². The van der Waals surface area contributed by atoms with Crippen LogP contribution in [0.1, 0.15) is 16.7 Å². The van der Waals surface area contributed by atoms with E-state index < -0.39 is 12.6 Å². The second-order valence-electron chi connectivity index (χ2n) is 5.45. The van der Waals surface area contributed by atoms with Crippen molar-refractivity contribution < 1.29 is 19.4 Å². The largest absolute Gasteiger partial charge is 0.481 e. The fraction of sp³-hybridized carbons (Fsp3) is 0.111. The highest BCUT2D eigenvalue weighted by atomic mass is 79.9. The van der Waals surface area contributed by atoms with Crippen LogP contribution in [0.15, 0.2) is 39.3 Å². The van der Waals surface area contributed by atoms with Crippen molar-refractivity contribution in [2.45, 2.75) is 6.92 Å². The monoisotopic (exact) mass is 465 g/mol. The Bertz CT molecular complexity index is 922. The van der Waals surface area contributed by atoms with E-state index in [1.54, 1.807) is 30.3 Å². The van der Waals surface area contributed by atoms with Gasteiger partial charge in [-0.15, -0.1) is 0 Å². The van der Waals surface area contributed by atoms with Gasteiger partial charge in [-0.05, 0) is 46.6 Å². The van der Waals surface area contributed by atoms with Crippen LogP contribution in [0.2, 0.25) is 0 Å². The van der Waals surface area contributed by atoms with Crippen molar-refractivity contribution in [1.82, 2.24) is 0 Å². The summed E-state index contributed by atoms with van der Waals surface area (Å²) < 4.78 is 6.98. The Balaban J connectivity index is 2.10. The number of carbonyl (C=O) groups excluding carboxylic acids is 1. The lowest BCUT2D eigenvalue weighted by atomic mass is 9.99. The fourth-order valence-electron chi connectivity index (χ4n) is 2.64. The minimum absolute atomic E-state index is 0.218. The van der Waals surface area contributed by atoms with E-state index in [4.69, 9.17) is 9.84 Å². The van der Waals surface area contributed by atoms with E-state index in [0.29, 0.717) is 16.9 Å². The molecule has 5 nitrogen and oxygen atoms in total. The van der Waals surface area contributed by atoms with Crippen LogP contribution in [-0.4, -0.2) is 23.6 Å². The van der Waals surface area contributed by atoms with Gasteiger partial charge in [0.2, 0.25) is 0 Å². The molecule has 2 aromatic carbocycles. The summed E-state index contributed by atoms with van der Waals surface area (Å²) in [7, 11) is 0. The fourth-order valence-corrected chi connectivity index (χ4v) is 3.90. The zero-order valence-electron chi connectivity index (χ0n) is 13.1. The Hall–Kier alpha value is -2.12. The molecule has 0 bridgehead atoms. The number of benzene rings is 2. The normalized spacial score (nSPS) is 14.4. The summed E-state index contributed by atoms with van der Waals surface area (Å²) in [6, 6.07) is 8.89. The molecule has 0 saturated carbocycles. The van der Waals surface area contributed by atoms with Gasteiger partial charge in [-0.3, -0.25) is 4.79 Å². The van der Waals surface area contributed by atoms with Crippen LogP contribution in [-0.2, 0) is 9.59 Å². The molecule has 0 saturated heterocycles. The molecule has 128 valence electrons. The van der Waals surface area contributed by atoms with Crippen molar-refractivity contribution in [3.05, 3.63) is 56.0 Å². The predicted octanol–water partition coefficient (Wildman–Crippen LogP) is 4.48. The van der Waals surface area contributed by atoms with Gasteiger partial charge in [-0.25, -0.2) is 4.79 Å². The SMILES string of the molecule is Cc1c(Br)cc(Br)c2c1C(=Cc1ccccc1OCC(=O)O)C(=O)N2. The molecule has 2 aromatic rings. The maximum Gasteiger partial charge on any atom is 0.341 e. The summed E-state index contributed by atoms with van der Waals surface area (Å²) in [6.07, 6.45) is 1.71. The van der Waals surface area contributed by atoms with Crippen LogP contribution in [0.25, 0.3) is 11.6 Å². The highest BCUT2D eigenvalue weighted by molar-refractivity contribution is 9.11. The number of hydrogen-bond acceptors (Lipinski definition) is 3. The first-order valence-electron chi connectivity index (χ1n) is 7.34. The number of anilines is 1. The van der Waals surface area contributed by atoms with Gasteiger partial charge in [-0.1, -0.05) is 34.1 Å². The minimum Gasteiger partial charge on any atom is -0.481 e. The molecule has 1 amide bonds. The molecule has 0 spiro atoms. The third-order valence-corrected chi connectivity index (χ3v) is 5.25. The van der Waals surface area contributed by atoms with Gasteiger partial charge >= 0.3 is 5.97 Å². The molecule has 1 heterocycles. The Morgan fingerprint density at radius 2 is 2.00 bits per heavy atom. The lowest BCUT2D eigenvalue weighted by molar-refractivity contribution is -0.139. The van der Waals surface area contributed by atoms with E-state index in [1.807, 2.05) is 13.0 Å². The van der Waals surface area contributed by atoms with Crippen molar-refractivity contribution in [3.8, 4) is 5.75 Å². The number of nitrogens with one attached hydrogen (secondary N) is 1. The highest BCUT2D eigenvalue weighted by Crippen LogP contribution is 2.43.